The van der Waals surface area contributed by atoms with Crippen molar-refractivity contribution in [2.24, 2.45) is 0 Å². The van der Waals surface area contributed by atoms with Crippen LogP contribution in [0.1, 0.15) is 5.69 Å². The van der Waals surface area contributed by atoms with Gasteiger partial charge in [-0.3, -0.25) is 5.10 Å². The largest absolute Gasteiger partial charge is 0.433 e. The lowest BCUT2D eigenvalue weighted by Crippen LogP contribution is -2.06. The van der Waals surface area contributed by atoms with E-state index in [0.717, 1.165) is 6.07 Å². The van der Waals surface area contributed by atoms with Crippen LogP contribution >= 0.6 is 15.9 Å². The molecule has 0 aliphatic rings. The Labute approximate surface area is 102 Å². The van der Waals surface area contributed by atoms with E-state index >= 15 is 0 Å². The van der Waals surface area contributed by atoms with Gasteiger partial charge in [0.05, 0.1) is 4.47 Å². The van der Waals surface area contributed by atoms with Gasteiger partial charge in [-0.25, -0.2) is 4.39 Å². The summed E-state index contributed by atoms with van der Waals surface area (Å²) < 4.78 is 50.6. The molecule has 2 rings (SSSR count). The number of halogens is 5. The van der Waals surface area contributed by atoms with Crippen LogP contribution in [-0.4, -0.2) is 10.2 Å². The SMILES string of the molecule is Fc1ccccc1-c1n[nH]c(C(F)(F)F)c1Br. The summed E-state index contributed by atoms with van der Waals surface area (Å²) >= 11 is 2.78. The van der Waals surface area contributed by atoms with Gasteiger partial charge in [-0.1, -0.05) is 12.1 Å². The molecule has 7 heteroatoms. The summed E-state index contributed by atoms with van der Waals surface area (Å²) in [5.41, 5.74) is -1.13. The van der Waals surface area contributed by atoms with Gasteiger partial charge in [0.1, 0.15) is 11.5 Å². The van der Waals surface area contributed by atoms with E-state index in [1.807, 2.05) is 5.10 Å². The highest BCUT2D eigenvalue weighted by Crippen LogP contribution is 2.38. The number of rotatable bonds is 1. The molecule has 17 heavy (non-hydrogen) atoms. The first kappa shape index (κ1) is 12.1. The standard InChI is InChI=1S/C10H5BrF4N2/c11-7-8(5-3-1-2-4-6(5)12)16-17-9(7)10(13,14)15/h1-4H,(H,16,17). The first-order valence-electron chi connectivity index (χ1n) is 4.47. The predicted octanol–water partition coefficient (Wildman–Crippen LogP) is 4.00. The summed E-state index contributed by atoms with van der Waals surface area (Å²) in [5.74, 6) is -0.631. The van der Waals surface area contributed by atoms with Gasteiger partial charge in [-0.05, 0) is 28.1 Å². The highest BCUT2D eigenvalue weighted by Gasteiger charge is 2.37. The van der Waals surface area contributed by atoms with E-state index in [9.17, 15) is 17.6 Å². The van der Waals surface area contributed by atoms with Crippen molar-refractivity contribution in [1.82, 2.24) is 10.2 Å². The quantitative estimate of drug-likeness (QED) is 0.793. The molecule has 0 fully saturated rings. The number of aromatic nitrogens is 2. The van der Waals surface area contributed by atoms with E-state index in [-0.39, 0.29) is 15.7 Å². The van der Waals surface area contributed by atoms with Crippen LogP contribution in [0.4, 0.5) is 17.6 Å². The molecule has 0 aliphatic carbocycles. The molecule has 0 radical (unpaired) electrons. The second-order valence-electron chi connectivity index (χ2n) is 3.24. The van der Waals surface area contributed by atoms with Gasteiger partial charge in [0.25, 0.3) is 0 Å². The first-order chi connectivity index (χ1) is 7.91. The Balaban J connectivity index is 2.56. The summed E-state index contributed by atoms with van der Waals surface area (Å²) in [6, 6.07) is 5.48. The molecule has 0 unspecified atom stereocenters. The first-order valence-corrected chi connectivity index (χ1v) is 5.26. The molecule has 0 amide bonds. The number of aromatic amines is 1. The fraction of sp³-hybridized carbons (Fsp3) is 0.100. The van der Waals surface area contributed by atoms with Gasteiger partial charge < -0.3 is 0 Å². The Bertz CT molecular complexity index is 547. The minimum absolute atomic E-state index is 0.00567. The molecular formula is C10H5BrF4N2. The average Bonchev–Trinajstić information content (AvgIpc) is 2.60. The van der Waals surface area contributed by atoms with E-state index in [2.05, 4.69) is 21.0 Å². The van der Waals surface area contributed by atoms with Crippen molar-refractivity contribution >= 4 is 15.9 Å². The molecule has 1 aromatic carbocycles. The number of nitrogens with zero attached hydrogens (tertiary/aromatic N) is 1. The number of H-pyrrole nitrogens is 1. The van der Waals surface area contributed by atoms with Crippen LogP contribution in [0.3, 0.4) is 0 Å². The number of benzene rings is 1. The smallest absolute Gasteiger partial charge is 0.272 e. The number of hydrogen-bond donors (Lipinski definition) is 1. The highest BCUT2D eigenvalue weighted by molar-refractivity contribution is 9.10. The summed E-state index contributed by atoms with van der Waals surface area (Å²) in [4.78, 5) is 0. The van der Waals surface area contributed by atoms with Gasteiger partial charge in [0.15, 0.2) is 5.69 Å². The number of alkyl halides is 3. The van der Waals surface area contributed by atoms with Crippen LogP contribution in [-0.2, 0) is 6.18 Å². The third-order valence-corrected chi connectivity index (χ3v) is 2.89. The minimum atomic E-state index is -4.56. The van der Waals surface area contributed by atoms with Gasteiger partial charge in [0, 0.05) is 5.56 Å². The summed E-state index contributed by atoms with van der Waals surface area (Å²) in [6.45, 7) is 0. The average molecular weight is 309 g/mol. The van der Waals surface area contributed by atoms with Crippen LogP contribution in [0, 0.1) is 5.82 Å². The molecule has 0 atom stereocenters. The van der Waals surface area contributed by atoms with E-state index in [1.54, 1.807) is 0 Å². The van der Waals surface area contributed by atoms with Gasteiger partial charge in [-0.15, -0.1) is 0 Å². The van der Waals surface area contributed by atoms with Crippen LogP contribution in [0.25, 0.3) is 11.3 Å². The zero-order chi connectivity index (χ0) is 12.6. The topological polar surface area (TPSA) is 28.7 Å². The maximum Gasteiger partial charge on any atom is 0.433 e. The molecule has 0 saturated carbocycles. The van der Waals surface area contributed by atoms with Gasteiger partial charge >= 0.3 is 6.18 Å². The van der Waals surface area contributed by atoms with Crippen LogP contribution < -0.4 is 0 Å². The van der Waals surface area contributed by atoms with Gasteiger partial charge in [0.2, 0.25) is 0 Å². The van der Waals surface area contributed by atoms with Crippen LogP contribution in [0.5, 0.6) is 0 Å². The van der Waals surface area contributed by atoms with E-state index in [1.165, 1.54) is 18.2 Å². The normalized spacial score (nSPS) is 11.8. The van der Waals surface area contributed by atoms with Crippen molar-refractivity contribution in [2.75, 3.05) is 0 Å². The van der Waals surface area contributed by atoms with Crippen LogP contribution in [0.15, 0.2) is 28.7 Å². The molecule has 0 saturated heterocycles. The summed E-state index contributed by atoms with van der Waals surface area (Å²) in [7, 11) is 0. The summed E-state index contributed by atoms with van der Waals surface area (Å²) in [5, 5.41) is 5.33. The molecule has 90 valence electrons. The number of hydrogen-bond acceptors (Lipinski definition) is 1. The lowest BCUT2D eigenvalue weighted by Gasteiger charge is -2.03. The van der Waals surface area contributed by atoms with Gasteiger partial charge in [-0.2, -0.15) is 18.3 Å². The lowest BCUT2D eigenvalue weighted by molar-refractivity contribution is -0.141. The second kappa shape index (κ2) is 4.14. The highest BCUT2D eigenvalue weighted by atomic mass is 79.9. The molecule has 0 bridgehead atoms. The molecule has 0 aliphatic heterocycles. The zero-order valence-corrected chi connectivity index (χ0v) is 9.73. The van der Waals surface area contributed by atoms with Crippen molar-refractivity contribution in [2.45, 2.75) is 6.18 Å². The maximum atomic E-state index is 13.4. The molecule has 2 aromatic rings. The Kier molecular flexibility index (Phi) is 2.94. The fourth-order valence-electron chi connectivity index (χ4n) is 1.35. The van der Waals surface area contributed by atoms with Crippen molar-refractivity contribution < 1.29 is 17.6 Å². The Morgan fingerprint density at radius 1 is 1.18 bits per heavy atom. The van der Waals surface area contributed by atoms with Crippen molar-refractivity contribution in [3.05, 3.63) is 40.2 Å². The molecule has 0 spiro atoms. The monoisotopic (exact) mass is 308 g/mol. The zero-order valence-electron chi connectivity index (χ0n) is 8.15. The number of nitrogens with one attached hydrogen (secondary N) is 1. The fourth-order valence-corrected chi connectivity index (χ4v) is 1.96. The van der Waals surface area contributed by atoms with Crippen molar-refractivity contribution in [3.63, 3.8) is 0 Å². The van der Waals surface area contributed by atoms with E-state index in [0.29, 0.717) is 0 Å². The molecule has 2 nitrogen and oxygen atoms in total. The van der Waals surface area contributed by atoms with Crippen molar-refractivity contribution in [3.8, 4) is 11.3 Å². The van der Waals surface area contributed by atoms with E-state index in [4.69, 9.17) is 0 Å². The maximum absolute atomic E-state index is 13.4. The Morgan fingerprint density at radius 2 is 1.82 bits per heavy atom. The molecule has 1 heterocycles. The van der Waals surface area contributed by atoms with E-state index < -0.39 is 17.7 Å². The summed E-state index contributed by atoms with van der Waals surface area (Å²) in [6.07, 6.45) is -4.56. The second-order valence-corrected chi connectivity index (χ2v) is 4.03. The minimum Gasteiger partial charge on any atom is -0.272 e. The van der Waals surface area contributed by atoms with Crippen molar-refractivity contribution in [1.29, 1.82) is 0 Å². The third kappa shape index (κ3) is 2.19. The molecule has 1 N–H and O–H groups in total. The third-order valence-electron chi connectivity index (χ3n) is 2.12. The van der Waals surface area contributed by atoms with Crippen LogP contribution in [0.2, 0.25) is 0 Å². The lowest BCUT2D eigenvalue weighted by atomic mass is 10.1. The Morgan fingerprint density at radius 3 is 2.35 bits per heavy atom. The predicted molar refractivity (Wildman–Crippen MR) is 56.7 cm³/mol. The molecule has 1 aromatic heterocycles. The molecular weight excluding hydrogens is 304 g/mol. The Hall–Kier alpha value is -1.37.